The van der Waals surface area contributed by atoms with Crippen LogP contribution in [0.4, 0.5) is 5.69 Å². The average Bonchev–Trinajstić information content (AvgIpc) is 2.21. The molecule has 1 rings (SSSR count). The van der Waals surface area contributed by atoms with Crippen LogP contribution in [0, 0.1) is 19.3 Å². The van der Waals surface area contributed by atoms with Crippen molar-refractivity contribution in [2.75, 3.05) is 5.32 Å². The third-order valence-electron chi connectivity index (χ3n) is 2.22. The molecule has 0 spiro atoms. The van der Waals surface area contributed by atoms with E-state index in [2.05, 4.69) is 16.6 Å². The molecule has 1 aromatic carbocycles. The van der Waals surface area contributed by atoms with E-state index >= 15 is 0 Å². The maximum absolute atomic E-state index is 5.88. The van der Waals surface area contributed by atoms with Crippen molar-refractivity contribution in [3.8, 4) is 12.3 Å². The second kappa shape index (κ2) is 5.39. The van der Waals surface area contributed by atoms with Crippen LogP contribution in [0.1, 0.15) is 19.4 Å². The van der Waals surface area contributed by atoms with Crippen LogP contribution in [0.15, 0.2) is 18.2 Å². The van der Waals surface area contributed by atoms with Crippen LogP contribution in [0.2, 0.25) is 5.02 Å². The van der Waals surface area contributed by atoms with E-state index in [4.69, 9.17) is 30.2 Å². The summed E-state index contributed by atoms with van der Waals surface area (Å²) >= 11 is 11.1. The van der Waals surface area contributed by atoms with Gasteiger partial charge in [0.05, 0.1) is 5.54 Å². The molecule has 90 valence electrons. The molecule has 0 aliphatic rings. The van der Waals surface area contributed by atoms with Crippen molar-refractivity contribution in [2.45, 2.75) is 26.3 Å². The number of hydrogen-bond donors (Lipinski definition) is 2. The predicted molar refractivity (Wildman–Crippen MR) is 78.5 cm³/mol. The number of aryl methyl sites for hydroxylation is 1. The Hall–Kier alpha value is -1.24. The SMILES string of the molecule is C#CC(C)(C)NC(=S)Nc1ccc(Cl)cc1C. The first-order valence-corrected chi connectivity index (χ1v) is 5.96. The standard InChI is InChI=1S/C13H15ClN2S/c1-5-13(3,4)16-12(17)15-11-7-6-10(14)8-9(11)2/h1,6-8H,2-4H3,(H2,15,16,17). The quantitative estimate of drug-likeness (QED) is 0.634. The van der Waals surface area contributed by atoms with Gasteiger partial charge in [-0.15, -0.1) is 6.42 Å². The van der Waals surface area contributed by atoms with Crippen LogP contribution in [0.3, 0.4) is 0 Å². The summed E-state index contributed by atoms with van der Waals surface area (Å²) in [5, 5.41) is 7.34. The van der Waals surface area contributed by atoms with E-state index in [1.165, 1.54) is 0 Å². The summed E-state index contributed by atoms with van der Waals surface area (Å²) in [6.45, 7) is 5.73. The lowest BCUT2D eigenvalue weighted by molar-refractivity contribution is 0.603. The molecule has 4 heteroatoms. The molecule has 17 heavy (non-hydrogen) atoms. The zero-order valence-electron chi connectivity index (χ0n) is 10.1. The molecule has 0 amide bonds. The van der Waals surface area contributed by atoms with Gasteiger partial charge in [-0.2, -0.15) is 0 Å². The highest BCUT2D eigenvalue weighted by Crippen LogP contribution is 2.19. The molecule has 0 saturated heterocycles. The lowest BCUT2D eigenvalue weighted by Crippen LogP contribution is -2.44. The van der Waals surface area contributed by atoms with Crippen molar-refractivity contribution in [3.05, 3.63) is 28.8 Å². The van der Waals surface area contributed by atoms with Crippen LogP contribution in [-0.4, -0.2) is 10.7 Å². The van der Waals surface area contributed by atoms with Gasteiger partial charge < -0.3 is 10.6 Å². The number of terminal acetylenes is 1. The first kappa shape index (κ1) is 13.8. The van der Waals surface area contributed by atoms with E-state index in [0.717, 1.165) is 11.3 Å². The highest BCUT2D eigenvalue weighted by atomic mass is 35.5. The van der Waals surface area contributed by atoms with Crippen molar-refractivity contribution < 1.29 is 0 Å². The Kier molecular flexibility index (Phi) is 4.39. The van der Waals surface area contributed by atoms with Crippen LogP contribution in [0.25, 0.3) is 0 Å². The summed E-state index contributed by atoms with van der Waals surface area (Å²) in [7, 11) is 0. The van der Waals surface area contributed by atoms with Gasteiger partial charge in [-0.25, -0.2) is 0 Å². The van der Waals surface area contributed by atoms with Crippen LogP contribution >= 0.6 is 23.8 Å². The van der Waals surface area contributed by atoms with Gasteiger partial charge in [0.1, 0.15) is 0 Å². The molecule has 0 bridgehead atoms. The van der Waals surface area contributed by atoms with Crippen LogP contribution in [-0.2, 0) is 0 Å². The van der Waals surface area contributed by atoms with E-state index < -0.39 is 5.54 Å². The van der Waals surface area contributed by atoms with Crippen LogP contribution < -0.4 is 10.6 Å². The van der Waals surface area contributed by atoms with Crippen LogP contribution in [0.5, 0.6) is 0 Å². The lowest BCUT2D eigenvalue weighted by atomic mass is 10.1. The van der Waals surface area contributed by atoms with Crippen molar-refractivity contribution in [3.63, 3.8) is 0 Å². The Morgan fingerprint density at radius 3 is 2.65 bits per heavy atom. The zero-order valence-corrected chi connectivity index (χ0v) is 11.7. The Balaban J connectivity index is 2.73. The van der Waals surface area contributed by atoms with Crippen molar-refractivity contribution in [1.82, 2.24) is 5.32 Å². The van der Waals surface area contributed by atoms with Gasteiger partial charge in [0.2, 0.25) is 0 Å². The first-order valence-electron chi connectivity index (χ1n) is 5.17. The molecular weight excluding hydrogens is 252 g/mol. The zero-order chi connectivity index (χ0) is 13.1. The first-order chi connectivity index (χ1) is 7.84. The fourth-order valence-electron chi connectivity index (χ4n) is 1.24. The Bertz CT molecular complexity index is 475. The molecule has 2 nitrogen and oxygen atoms in total. The summed E-state index contributed by atoms with van der Waals surface area (Å²) in [4.78, 5) is 0. The normalized spacial score (nSPS) is 10.5. The van der Waals surface area contributed by atoms with Gasteiger partial charge in [0.25, 0.3) is 0 Å². The smallest absolute Gasteiger partial charge is 0.171 e. The third-order valence-corrected chi connectivity index (χ3v) is 2.66. The molecule has 0 aliphatic heterocycles. The predicted octanol–water partition coefficient (Wildman–Crippen LogP) is 3.35. The Morgan fingerprint density at radius 2 is 2.12 bits per heavy atom. The third kappa shape index (κ3) is 4.26. The highest BCUT2D eigenvalue weighted by Gasteiger charge is 2.14. The second-order valence-corrected chi connectivity index (χ2v) is 5.15. The molecule has 0 heterocycles. The summed E-state index contributed by atoms with van der Waals surface area (Å²) in [6.07, 6.45) is 5.38. The molecule has 0 unspecified atom stereocenters. The molecule has 0 radical (unpaired) electrons. The van der Waals surface area contributed by atoms with Crippen molar-refractivity contribution >= 4 is 34.6 Å². The van der Waals surface area contributed by atoms with E-state index in [1.807, 2.05) is 39.0 Å². The van der Waals surface area contributed by atoms with Gasteiger partial charge in [-0.1, -0.05) is 17.5 Å². The highest BCUT2D eigenvalue weighted by molar-refractivity contribution is 7.80. The van der Waals surface area contributed by atoms with Gasteiger partial charge in [0, 0.05) is 10.7 Å². The fraction of sp³-hybridized carbons (Fsp3) is 0.308. The van der Waals surface area contributed by atoms with Gasteiger partial charge in [-0.3, -0.25) is 0 Å². The molecular formula is C13H15ClN2S. The molecule has 0 atom stereocenters. The Labute approximate surface area is 113 Å². The molecule has 0 saturated carbocycles. The maximum Gasteiger partial charge on any atom is 0.171 e. The van der Waals surface area contributed by atoms with Gasteiger partial charge in [-0.05, 0) is 56.8 Å². The molecule has 1 aromatic rings. The van der Waals surface area contributed by atoms with Crippen molar-refractivity contribution in [1.29, 1.82) is 0 Å². The molecule has 2 N–H and O–H groups in total. The van der Waals surface area contributed by atoms with Crippen molar-refractivity contribution in [2.24, 2.45) is 0 Å². The minimum absolute atomic E-state index is 0.468. The largest absolute Gasteiger partial charge is 0.347 e. The number of nitrogens with one attached hydrogen (secondary N) is 2. The van der Waals surface area contributed by atoms with Gasteiger partial charge >= 0.3 is 0 Å². The minimum Gasteiger partial charge on any atom is -0.347 e. The number of rotatable bonds is 2. The second-order valence-electron chi connectivity index (χ2n) is 4.31. The number of halogens is 1. The van der Waals surface area contributed by atoms with E-state index in [1.54, 1.807) is 0 Å². The number of hydrogen-bond acceptors (Lipinski definition) is 1. The molecule has 0 aliphatic carbocycles. The molecule has 0 aromatic heterocycles. The number of thiocarbonyl (C=S) groups is 1. The van der Waals surface area contributed by atoms with E-state index in [9.17, 15) is 0 Å². The monoisotopic (exact) mass is 266 g/mol. The number of benzene rings is 1. The Morgan fingerprint density at radius 1 is 1.47 bits per heavy atom. The fourth-order valence-corrected chi connectivity index (χ4v) is 1.83. The molecule has 0 fully saturated rings. The van der Waals surface area contributed by atoms with E-state index in [0.29, 0.717) is 10.1 Å². The minimum atomic E-state index is -0.468. The topological polar surface area (TPSA) is 24.1 Å². The number of anilines is 1. The lowest BCUT2D eigenvalue weighted by Gasteiger charge is -2.22. The average molecular weight is 267 g/mol. The maximum atomic E-state index is 5.88. The van der Waals surface area contributed by atoms with E-state index in [-0.39, 0.29) is 0 Å². The summed E-state index contributed by atoms with van der Waals surface area (Å²) in [5.74, 6) is 2.62. The summed E-state index contributed by atoms with van der Waals surface area (Å²) in [6, 6.07) is 5.57. The summed E-state index contributed by atoms with van der Waals surface area (Å²) < 4.78 is 0. The van der Waals surface area contributed by atoms with Gasteiger partial charge in [0.15, 0.2) is 5.11 Å². The summed E-state index contributed by atoms with van der Waals surface area (Å²) in [5.41, 5.74) is 1.48.